The summed E-state index contributed by atoms with van der Waals surface area (Å²) in [5.41, 5.74) is -0.146. The maximum Gasteiger partial charge on any atom is 0.335 e. The zero-order valence-electron chi connectivity index (χ0n) is 10.4. The molecule has 2 aromatic rings. The van der Waals surface area contributed by atoms with Crippen molar-refractivity contribution in [3.63, 3.8) is 0 Å². The number of carboxylic acids is 1. The van der Waals surface area contributed by atoms with E-state index in [-0.39, 0.29) is 11.3 Å². The second-order valence-electron chi connectivity index (χ2n) is 4.06. The van der Waals surface area contributed by atoms with Crippen molar-refractivity contribution < 1.29 is 22.7 Å². The first-order valence-electron chi connectivity index (χ1n) is 5.61. The fourth-order valence-electron chi connectivity index (χ4n) is 1.57. The van der Waals surface area contributed by atoms with E-state index < -0.39 is 26.7 Å². The molecule has 0 fully saturated rings. The number of rotatable bonds is 4. The van der Waals surface area contributed by atoms with Crippen LogP contribution in [0.5, 0.6) is 0 Å². The lowest BCUT2D eigenvalue weighted by molar-refractivity contribution is 0.0696. The monoisotopic (exact) mass is 329 g/mol. The fourth-order valence-corrected chi connectivity index (χ4v) is 2.86. The predicted molar refractivity (Wildman–Crippen MR) is 75.6 cm³/mol. The van der Waals surface area contributed by atoms with Crippen LogP contribution in [0.2, 0.25) is 5.02 Å². The average molecular weight is 330 g/mol. The number of carboxylic acid groups (broad SMARTS) is 1. The maximum atomic E-state index is 13.7. The van der Waals surface area contributed by atoms with Crippen LogP contribution in [0, 0.1) is 5.82 Å². The zero-order chi connectivity index (χ0) is 15.6. The summed E-state index contributed by atoms with van der Waals surface area (Å²) in [6.07, 6.45) is 0. The quantitative estimate of drug-likeness (QED) is 0.903. The van der Waals surface area contributed by atoms with Gasteiger partial charge in [-0.25, -0.2) is 17.6 Å². The molecule has 0 aliphatic rings. The van der Waals surface area contributed by atoms with Gasteiger partial charge in [-0.05, 0) is 42.5 Å². The number of carbonyl (C=O) groups is 1. The topological polar surface area (TPSA) is 83.5 Å². The molecule has 2 aromatic carbocycles. The van der Waals surface area contributed by atoms with Gasteiger partial charge in [0.15, 0.2) is 0 Å². The summed E-state index contributed by atoms with van der Waals surface area (Å²) in [4.78, 5) is 10.1. The van der Waals surface area contributed by atoms with E-state index in [4.69, 9.17) is 16.7 Å². The minimum Gasteiger partial charge on any atom is -0.478 e. The second-order valence-corrected chi connectivity index (χ2v) is 6.15. The van der Waals surface area contributed by atoms with Crippen molar-refractivity contribution >= 4 is 33.3 Å². The van der Waals surface area contributed by atoms with Crippen LogP contribution in [0.15, 0.2) is 47.4 Å². The van der Waals surface area contributed by atoms with Crippen LogP contribution in [0.4, 0.5) is 10.1 Å². The maximum absolute atomic E-state index is 13.7. The van der Waals surface area contributed by atoms with Crippen LogP contribution >= 0.6 is 11.6 Å². The van der Waals surface area contributed by atoms with E-state index in [0.29, 0.717) is 5.02 Å². The summed E-state index contributed by atoms with van der Waals surface area (Å²) in [6, 6.07) is 8.26. The Balaban J connectivity index is 2.41. The van der Waals surface area contributed by atoms with Crippen LogP contribution in [-0.4, -0.2) is 19.5 Å². The lowest BCUT2D eigenvalue weighted by Crippen LogP contribution is -2.15. The summed E-state index contributed by atoms with van der Waals surface area (Å²) in [7, 11) is -4.24. The summed E-state index contributed by atoms with van der Waals surface area (Å²) in [6.45, 7) is 0. The Morgan fingerprint density at radius 1 is 1.14 bits per heavy atom. The summed E-state index contributed by atoms with van der Waals surface area (Å²) >= 11 is 5.68. The van der Waals surface area contributed by atoms with Crippen molar-refractivity contribution in [3.8, 4) is 0 Å². The van der Waals surface area contributed by atoms with Gasteiger partial charge in [0, 0.05) is 10.7 Å². The molecule has 2 N–H and O–H groups in total. The molecule has 5 nitrogen and oxygen atoms in total. The van der Waals surface area contributed by atoms with Gasteiger partial charge in [0.1, 0.15) is 10.7 Å². The van der Waals surface area contributed by atoms with Crippen LogP contribution < -0.4 is 4.72 Å². The Morgan fingerprint density at radius 3 is 2.33 bits per heavy atom. The fraction of sp³-hybridized carbons (Fsp3) is 0. The van der Waals surface area contributed by atoms with Crippen molar-refractivity contribution in [1.82, 2.24) is 0 Å². The molecule has 8 heteroatoms. The summed E-state index contributed by atoms with van der Waals surface area (Å²) < 4.78 is 40.0. The van der Waals surface area contributed by atoms with E-state index in [1.807, 2.05) is 0 Å². The molecular weight excluding hydrogens is 321 g/mol. The van der Waals surface area contributed by atoms with E-state index in [1.165, 1.54) is 24.3 Å². The number of anilines is 1. The highest BCUT2D eigenvalue weighted by molar-refractivity contribution is 7.92. The SMILES string of the molecule is O=C(O)c1ccc(F)c(S(=O)(=O)Nc2ccc(Cl)cc2)c1. The number of hydrogen-bond donors (Lipinski definition) is 2. The minimum atomic E-state index is -4.24. The molecule has 0 radical (unpaired) electrons. The molecular formula is C13H9ClFNO4S. The molecule has 2 rings (SSSR count). The zero-order valence-corrected chi connectivity index (χ0v) is 12.0. The molecule has 0 unspecified atom stereocenters. The first-order valence-corrected chi connectivity index (χ1v) is 7.47. The molecule has 0 aliphatic carbocycles. The highest BCUT2D eigenvalue weighted by Gasteiger charge is 2.21. The van der Waals surface area contributed by atoms with Gasteiger partial charge >= 0.3 is 5.97 Å². The molecule has 21 heavy (non-hydrogen) atoms. The molecule has 0 bridgehead atoms. The van der Waals surface area contributed by atoms with Gasteiger partial charge in [-0.15, -0.1) is 0 Å². The first kappa shape index (κ1) is 15.3. The van der Waals surface area contributed by atoms with E-state index in [2.05, 4.69) is 4.72 Å². The molecule has 110 valence electrons. The van der Waals surface area contributed by atoms with Gasteiger partial charge in [-0.3, -0.25) is 4.72 Å². The summed E-state index contributed by atoms with van der Waals surface area (Å²) in [5.74, 6) is -2.39. The third-order valence-corrected chi connectivity index (χ3v) is 4.21. The van der Waals surface area contributed by atoms with Crippen LogP contribution in [0.25, 0.3) is 0 Å². The molecule has 0 saturated carbocycles. The number of nitrogens with one attached hydrogen (secondary N) is 1. The van der Waals surface area contributed by atoms with Gasteiger partial charge in [0.25, 0.3) is 10.0 Å². The van der Waals surface area contributed by atoms with E-state index in [9.17, 15) is 17.6 Å². The van der Waals surface area contributed by atoms with Gasteiger partial charge in [-0.1, -0.05) is 11.6 Å². The van der Waals surface area contributed by atoms with Crippen molar-refractivity contribution in [1.29, 1.82) is 0 Å². The largest absolute Gasteiger partial charge is 0.478 e. The smallest absolute Gasteiger partial charge is 0.335 e. The molecule has 0 aliphatic heterocycles. The van der Waals surface area contributed by atoms with Crippen LogP contribution in [0.3, 0.4) is 0 Å². The minimum absolute atomic E-state index is 0.180. The predicted octanol–water partition coefficient (Wildman–Crippen LogP) is 2.98. The first-order chi connectivity index (χ1) is 9.79. The lowest BCUT2D eigenvalue weighted by atomic mass is 10.2. The van der Waals surface area contributed by atoms with E-state index >= 15 is 0 Å². The van der Waals surface area contributed by atoms with Crippen molar-refractivity contribution in [2.75, 3.05) is 4.72 Å². The Hall–Kier alpha value is -2.12. The van der Waals surface area contributed by atoms with E-state index in [0.717, 1.165) is 18.2 Å². The second kappa shape index (κ2) is 5.71. The molecule has 0 saturated heterocycles. The Kier molecular flexibility index (Phi) is 4.15. The van der Waals surface area contributed by atoms with Gasteiger partial charge in [0.05, 0.1) is 5.56 Å². The Labute approximate surface area is 125 Å². The van der Waals surface area contributed by atoms with Gasteiger partial charge in [0.2, 0.25) is 0 Å². The lowest BCUT2D eigenvalue weighted by Gasteiger charge is -2.09. The number of aromatic carboxylic acids is 1. The van der Waals surface area contributed by atoms with Crippen molar-refractivity contribution in [2.45, 2.75) is 4.90 Å². The Morgan fingerprint density at radius 2 is 1.76 bits per heavy atom. The van der Waals surface area contributed by atoms with Crippen molar-refractivity contribution in [2.24, 2.45) is 0 Å². The molecule has 0 aromatic heterocycles. The van der Waals surface area contributed by atoms with Gasteiger partial charge < -0.3 is 5.11 Å². The number of halogens is 2. The average Bonchev–Trinajstić information content (AvgIpc) is 2.41. The highest BCUT2D eigenvalue weighted by Crippen LogP contribution is 2.21. The van der Waals surface area contributed by atoms with Crippen LogP contribution in [-0.2, 0) is 10.0 Å². The Bertz CT molecular complexity index is 790. The molecule has 0 heterocycles. The van der Waals surface area contributed by atoms with Crippen molar-refractivity contribution in [3.05, 3.63) is 58.9 Å². The highest BCUT2D eigenvalue weighted by atomic mass is 35.5. The van der Waals surface area contributed by atoms with Crippen LogP contribution in [0.1, 0.15) is 10.4 Å². The molecule has 0 atom stereocenters. The van der Waals surface area contributed by atoms with Gasteiger partial charge in [-0.2, -0.15) is 0 Å². The molecule has 0 amide bonds. The number of sulfonamides is 1. The molecule has 0 spiro atoms. The summed E-state index contributed by atoms with van der Waals surface area (Å²) in [5, 5.41) is 9.25. The standard InChI is InChI=1S/C13H9ClFNO4S/c14-9-2-4-10(5-3-9)16-21(19,20)12-7-8(13(17)18)1-6-11(12)15/h1-7,16H,(H,17,18). The van der Waals surface area contributed by atoms with E-state index in [1.54, 1.807) is 0 Å². The number of benzene rings is 2. The third-order valence-electron chi connectivity index (χ3n) is 2.56. The number of hydrogen-bond acceptors (Lipinski definition) is 3. The third kappa shape index (κ3) is 3.50. The normalized spacial score (nSPS) is 11.1.